The molecule has 100 valence electrons. The van der Waals surface area contributed by atoms with Crippen molar-refractivity contribution in [3.05, 3.63) is 35.9 Å². The molecule has 0 bridgehead atoms. The van der Waals surface area contributed by atoms with Crippen LogP contribution in [0.25, 0.3) is 0 Å². The Bertz CT molecular complexity index is 338. The molecule has 1 aromatic carbocycles. The molecule has 0 aliphatic heterocycles. The van der Waals surface area contributed by atoms with E-state index in [1.807, 2.05) is 6.07 Å². The Kier molecular flexibility index (Phi) is 7.11. The van der Waals surface area contributed by atoms with Crippen molar-refractivity contribution < 1.29 is 4.79 Å². The van der Waals surface area contributed by atoms with Crippen molar-refractivity contribution in [2.75, 3.05) is 6.54 Å². The number of unbranched alkanes of at least 4 members (excludes halogenated alkanes) is 2. The van der Waals surface area contributed by atoms with Gasteiger partial charge in [-0.2, -0.15) is 0 Å². The average molecular weight is 248 g/mol. The molecular weight excluding hydrogens is 224 g/mol. The van der Waals surface area contributed by atoms with Gasteiger partial charge in [0.05, 0.1) is 0 Å². The van der Waals surface area contributed by atoms with Crippen molar-refractivity contribution in [2.45, 2.75) is 45.1 Å². The lowest BCUT2D eigenvalue weighted by Gasteiger charge is -2.13. The molecule has 0 saturated heterocycles. The largest absolute Gasteiger partial charge is 0.370 e. The maximum absolute atomic E-state index is 10.6. The molecule has 3 nitrogen and oxygen atoms in total. The minimum Gasteiger partial charge on any atom is -0.370 e. The number of nitrogens with two attached hydrogens (primary N) is 1. The van der Waals surface area contributed by atoms with E-state index in [9.17, 15) is 4.79 Å². The van der Waals surface area contributed by atoms with Crippen LogP contribution in [-0.4, -0.2) is 18.5 Å². The van der Waals surface area contributed by atoms with Crippen molar-refractivity contribution in [2.24, 2.45) is 5.73 Å². The fourth-order valence-corrected chi connectivity index (χ4v) is 1.99. The van der Waals surface area contributed by atoms with Crippen LogP contribution in [0.2, 0.25) is 0 Å². The summed E-state index contributed by atoms with van der Waals surface area (Å²) in [6, 6.07) is 11.0. The van der Waals surface area contributed by atoms with Gasteiger partial charge in [0.25, 0.3) is 0 Å². The zero-order valence-corrected chi connectivity index (χ0v) is 11.2. The Morgan fingerprint density at radius 2 is 1.94 bits per heavy atom. The smallest absolute Gasteiger partial charge is 0.217 e. The van der Waals surface area contributed by atoms with Crippen LogP contribution in [-0.2, 0) is 11.2 Å². The molecule has 1 rings (SSSR count). The summed E-state index contributed by atoms with van der Waals surface area (Å²) < 4.78 is 0. The molecule has 1 amide bonds. The molecule has 1 atom stereocenters. The summed E-state index contributed by atoms with van der Waals surface area (Å²) in [5, 5.41) is 3.50. The highest BCUT2D eigenvalue weighted by molar-refractivity contribution is 5.73. The minimum atomic E-state index is -0.194. The fourth-order valence-electron chi connectivity index (χ4n) is 1.99. The number of rotatable bonds is 9. The molecule has 0 fully saturated rings. The van der Waals surface area contributed by atoms with Crippen LogP contribution in [0, 0.1) is 0 Å². The summed E-state index contributed by atoms with van der Waals surface area (Å²) in [6.07, 6.45) is 4.65. The second kappa shape index (κ2) is 8.70. The Morgan fingerprint density at radius 1 is 1.22 bits per heavy atom. The van der Waals surface area contributed by atoms with E-state index in [2.05, 4.69) is 36.5 Å². The lowest BCUT2D eigenvalue weighted by Crippen LogP contribution is -2.29. The molecule has 0 aliphatic carbocycles. The highest BCUT2D eigenvalue weighted by Gasteiger charge is 2.02. The summed E-state index contributed by atoms with van der Waals surface area (Å²) in [5.74, 6) is -0.194. The lowest BCUT2D eigenvalue weighted by molar-refractivity contribution is -0.118. The van der Waals surface area contributed by atoms with Crippen LogP contribution in [0.5, 0.6) is 0 Å². The zero-order valence-electron chi connectivity index (χ0n) is 11.2. The van der Waals surface area contributed by atoms with Gasteiger partial charge in [-0.15, -0.1) is 0 Å². The quantitative estimate of drug-likeness (QED) is 0.659. The predicted molar refractivity (Wildman–Crippen MR) is 75.3 cm³/mol. The molecule has 0 saturated carbocycles. The molecule has 0 aromatic heterocycles. The van der Waals surface area contributed by atoms with E-state index in [0.29, 0.717) is 12.5 Å². The number of primary amides is 1. The average Bonchev–Trinajstić information content (AvgIpc) is 2.34. The van der Waals surface area contributed by atoms with Gasteiger partial charge >= 0.3 is 0 Å². The summed E-state index contributed by atoms with van der Waals surface area (Å²) >= 11 is 0. The summed E-state index contributed by atoms with van der Waals surface area (Å²) in [4.78, 5) is 10.6. The highest BCUT2D eigenvalue weighted by Crippen LogP contribution is 2.03. The number of hydrogen-bond donors (Lipinski definition) is 2. The van der Waals surface area contributed by atoms with E-state index in [1.54, 1.807) is 0 Å². The Morgan fingerprint density at radius 3 is 2.61 bits per heavy atom. The van der Waals surface area contributed by atoms with Gasteiger partial charge < -0.3 is 11.1 Å². The second-order valence-electron chi connectivity index (χ2n) is 4.82. The van der Waals surface area contributed by atoms with Crippen molar-refractivity contribution in [1.82, 2.24) is 5.32 Å². The first kappa shape index (κ1) is 14.7. The van der Waals surface area contributed by atoms with Gasteiger partial charge in [-0.25, -0.2) is 0 Å². The SMILES string of the molecule is CC(Cc1ccccc1)NCCCCCC(N)=O. The highest BCUT2D eigenvalue weighted by atomic mass is 16.1. The lowest BCUT2D eigenvalue weighted by atomic mass is 10.1. The molecule has 3 N–H and O–H groups in total. The molecule has 3 heteroatoms. The third kappa shape index (κ3) is 7.07. The van der Waals surface area contributed by atoms with Crippen LogP contribution in [0.1, 0.15) is 38.2 Å². The van der Waals surface area contributed by atoms with E-state index >= 15 is 0 Å². The topological polar surface area (TPSA) is 55.1 Å². The third-order valence-electron chi connectivity index (χ3n) is 2.98. The first-order chi connectivity index (χ1) is 8.68. The van der Waals surface area contributed by atoms with Gasteiger partial charge in [-0.1, -0.05) is 36.8 Å². The molecular formula is C15H24N2O. The number of hydrogen-bond acceptors (Lipinski definition) is 2. The molecule has 0 spiro atoms. The molecule has 1 aromatic rings. The van der Waals surface area contributed by atoms with Crippen LogP contribution in [0.3, 0.4) is 0 Å². The molecule has 1 unspecified atom stereocenters. The van der Waals surface area contributed by atoms with Gasteiger partial charge in [0.2, 0.25) is 5.91 Å². The number of nitrogens with one attached hydrogen (secondary N) is 1. The van der Waals surface area contributed by atoms with Crippen molar-refractivity contribution in [1.29, 1.82) is 0 Å². The van der Waals surface area contributed by atoms with Gasteiger partial charge in [-0.3, -0.25) is 4.79 Å². The summed E-state index contributed by atoms with van der Waals surface area (Å²) in [6.45, 7) is 3.21. The van der Waals surface area contributed by atoms with Crippen molar-refractivity contribution >= 4 is 5.91 Å². The van der Waals surface area contributed by atoms with Gasteiger partial charge in [0.15, 0.2) is 0 Å². The molecule has 0 aliphatic rings. The number of benzene rings is 1. The number of carbonyl (C=O) groups is 1. The predicted octanol–water partition coefficient (Wildman–Crippen LogP) is 2.25. The Labute approximate surface area is 110 Å². The van der Waals surface area contributed by atoms with Crippen LogP contribution < -0.4 is 11.1 Å². The van der Waals surface area contributed by atoms with Crippen molar-refractivity contribution in [3.63, 3.8) is 0 Å². The molecule has 0 radical (unpaired) electrons. The molecule has 0 heterocycles. The monoisotopic (exact) mass is 248 g/mol. The Balaban J connectivity index is 2.03. The summed E-state index contributed by atoms with van der Waals surface area (Å²) in [5.41, 5.74) is 6.45. The van der Waals surface area contributed by atoms with E-state index in [1.165, 1.54) is 5.56 Å². The van der Waals surface area contributed by atoms with Gasteiger partial charge in [0, 0.05) is 12.5 Å². The second-order valence-corrected chi connectivity index (χ2v) is 4.82. The Hall–Kier alpha value is -1.35. The minimum absolute atomic E-state index is 0.194. The van der Waals surface area contributed by atoms with Crippen molar-refractivity contribution in [3.8, 4) is 0 Å². The van der Waals surface area contributed by atoms with Gasteiger partial charge in [0.1, 0.15) is 0 Å². The standard InChI is InChI=1S/C15H24N2O/c1-13(12-14-8-4-2-5-9-14)17-11-7-3-6-10-15(16)18/h2,4-5,8-9,13,17H,3,6-7,10-12H2,1H3,(H2,16,18). The van der Waals surface area contributed by atoms with Crippen LogP contribution in [0.4, 0.5) is 0 Å². The van der Waals surface area contributed by atoms with E-state index < -0.39 is 0 Å². The maximum Gasteiger partial charge on any atom is 0.217 e. The normalized spacial score (nSPS) is 12.3. The molecule has 18 heavy (non-hydrogen) atoms. The first-order valence-electron chi connectivity index (χ1n) is 6.74. The first-order valence-corrected chi connectivity index (χ1v) is 6.74. The maximum atomic E-state index is 10.6. The van der Waals surface area contributed by atoms with E-state index in [4.69, 9.17) is 5.73 Å². The number of amides is 1. The zero-order chi connectivity index (χ0) is 13.2. The van der Waals surface area contributed by atoms with Crippen LogP contribution >= 0.6 is 0 Å². The third-order valence-corrected chi connectivity index (χ3v) is 2.98. The summed E-state index contributed by atoms with van der Waals surface area (Å²) in [7, 11) is 0. The van der Waals surface area contributed by atoms with Crippen LogP contribution in [0.15, 0.2) is 30.3 Å². The fraction of sp³-hybridized carbons (Fsp3) is 0.533. The van der Waals surface area contributed by atoms with E-state index in [-0.39, 0.29) is 5.91 Å². The number of carbonyl (C=O) groups excluding carboxylic acids is 1. The van der Waals surface area contributed by atoms with Gasteiger partial charge in [-0.05, 0) is 38.3 Å². The van der Waals surface area contributed by atoms with E-state index in [0.717, 1.165) is 32.2 Å².